The number of carbonyl (C=O) groups is 4. The van der Waals surface area contributed by atoms with Gasteiger partial charge in [0.15, 0.2) is 5.88 Å². The second kappa shape index (κ2) is 29.5. The van der Waals surface area contributed by atoms with Gasteiger partial charge in [-0.1, -0.05) is 99.5 Å². The molecule has 1 unspecified atom stereocenters. The fourth-order valence-electron chi connectivity index (χ4n) is 8.83. The maximum absolute atomic E-state index is 13.9. The smallest absolute Gasteiger partial charge is 0.296 e. The highest BCUT2D eigenvalue weighted by molar-refractivity contribution is 7.13. The molecule has 1 aliphatic rings. The topological polar surface area (TPSA) is 218 Å². The number of ether oxygens (including phenoxy) is 4. The molecule has 4 aromatic carbocycles. The first kappa shape index (κ1) is 58.4. The van der Waals surface area contributed by atoms with Gasteiger partial charge in [-0.05, 0) is 73.1 Å². The minimum atomic E-state index is -0.810. The number of hydrogen-bond acceptors (Lipinski definition) is 13. The molecule has 78 heavy (non-hydrogen) atoms. The zero-order chi connectivity index (χ0) is 55.3. The Morgan fingerprint density at radius 1 is 0.846 bits per heavy atom. The number of benzene rings is 4. The Bertz CT molecular complexity index is 3010. The molecule has 17 nitrogen and oxygen atoms in total. The summed E-state index contributed by atoms with van der Waals surface area (Å²) in [6, 6.07) is 29.8. The van der Waals surface area contributed by atoms with E-state index in [1.807, 2.05) is 131 Å². The largest absolute Gasteiger partial charge is 0.494 e. The molecule has 1 saturated heterocycles. The quantitative estimate of drug-likeness (QED) is 0.0170. The molecular formula is C60H72N8O9S. The van der Waals surface area contributed by atoms with Crippen LogP contribution in [0.5, 0.6) is 5.88 Å². The summed E-state index contributed by atoms with van der Waals surface area (Å²) in [5, 5.41) is 23.9. The highest BCUT2D eigenvalue weighted by Gasteiger charge is 2.41. The molecule has 412 valence electrons. The molecular weight excluding hydrogens is 1010 g/mol. The van der Waals surface area contributed by atoms with Gasteiger partial charge in [0, 0.05) is 61.6 Å². The molecule has 7 rings (SSSR count). The number of rotatable bonds is 27. The molecule has 3 heterocycles. The van der Waals surface area contributed by atoms with Crippen molar-refractivity contribution in [2.24, 2.45) is 10.4 Å². The van der Waals surface area contributed by atoms with Gasteiger partial charge in [-0.3, -0.25) is 19.2 Å². The number of hydrogen-bond donors (Lipinski definition) is 6. The fraction of sp³-hybridized carbons (Fsp3) is 0.400. The predicted molar refractivity (Wildman–Crippen MR) is 304 cm³/mol. The number of nitrogens with zero attached hydrogens (tertiary/aromatic N) is 3. The number of amides is 4. The number of aromatic amines is 1. The Kier molecular flexibility index (Phi) is 22.1. The second-order valence-electron chi connectivity index (χ2n) is 19.8. The van der Waals surface area contributed by atoms with Gasteiger partial charge < -0.3 is 55.2 Å². The lowest BCUT2D eigenvalue weighted by Gasteiger charge is -2.35. The first-order chi connectivity index (χ1) is 37.8. The Hall–Kier alpha value is -7.24. The lowest BCUT2D eigenvalue weighted by atomic mass is 9.85. The van der Waals surface area contributed by atoms with Crippen LogP contribution in [0.4, 0.5) is 5.69 Å². The molecule has 0 aliphatic carbocycles. The Morgan fingerprint density at radius 2 is 1.51 bits per heavy atom. The van der Waals surface area contributed by atoms with E-state index in [4.69, 9.17) is 23.9 Å². The van der Waals surface area contributed by atoms with E-state index in [2.05, 4.69) is 43.1 Å². The summed E-state index contributed by atoms with van der Waals surface area (Å²) in [7, 11) is 0. The summed E-state index contributed by atoms with van der Waals surface area (Å²) >= 11 is 1.60. The number of aromatic hydroxyl groups is 1. The maximum atomic E-state index is 13.9. The summed E-state index contributed by atoms with van der Waals surface area (Å²) < 4.78 is 22.6. The lowest BCUT2D eigenvalue weighted by Crippen LogP contribution is -2.57. The molecule has 4 amide bonds. The van der Waals surface area contributed by atoms with E-state index >= 15 is 0 Å². The molecule has 0 radical (unpaired) electrons. The molecule has 2 aromatic heterocycles. The number of carbonyl (C=O) groups excluding carboxylic acids is 4. The zero-order valence-electron chi connectivity index (χ0n) is 45.2. The van der Waals surface area contributed by atoms with Crippen LogP contribution in [0.1, 0.15) is 80.5 Å². The van der Waals surface area contributed by atoms with E-state index in [0.29, 0.717) is 114 Å². The summed E-state index contributed by atoms with van der Waals surface area (Å²) in [6.45, 7) is 15.1. The van der Waals surface area contributed by atoms with Crippen molar-refractivity contribution in [2.75, 3.05) is 72.5 Å². The Morgan fingerprint density at radius 3 is 2.18 bits per heavy atom. The zero-order valence-corrected chi connectivity index (χ0v) is 46.1. The first-order valence-corrected chi connectivity index (χ1v) is 27.4. The minimum Gasteiger partial charge on any atom is -0.494 e. The van der Waals surface area contributed by atoms with E-state index in [1.165, 1.54) is 0 Å². The number of likely N-dealkylation sites (tertiary alicyclic amines) is 1. The highest BCUT2D eigenvalue weighted by Crippen LogP contribution is 2.33. The van der Waals surface area contributed by atoms with E-state index in [1.54, 1.807) is 22.3 Å². The van der Waals surface area contributed by atoms with Gasteiger partial charge >= 0.3 is 0 Å². The lowest BCUT2D eigenvalue weighted by molar-refractivity contribution is -0.144. The minimum absolute atomic E-state index is 0.0148. The van der Waals surface area contributed by atoms with Crippen molar-refractivity contribution in [1.82, 2.24) is 36.1 Å². The highest BCUT2D eigenvalue weighted by atomic mass is 32.1. The normalized spacial score (nSPS) is 14.0. The van der Waals surface area contributed by atoms with Crippen molar-refractivity contribution < 1.29 is 43.2 Å². The number of aryl methyl sites for hydroxylation is 1. The summed E-state index contributed by atoms with van der Waals surface area (Å²) in [4.78, 5) is 67.4. The molecule has 0 bridgehead atoms. The van der Waals surface area contributed by atoms with Crippen LogP contribution in [0.15, 0.2) is 108 Å². The van der Waals surface area contributed by atoms with Gasteiger partial charge in [0.1, 0.15) is 12.1 Å². The van der Waals surface area contributed by atoms with Crippen molar-refractivity contribution in [3.8, 4) is 28.2 Å². The number of H-pyrrole nitrogens is 1. The maximum Gasteiger partial charge on any atom is 0.296 e. The van der Waals surface area contributed by atoms with Crippen molar-refractivity contribution in [3.63, 3.8) is 0 Å². The molecule has 2 atom stereocenters. The number of fused-ring (bicyclic) bond motifs is 1. The summed E-state index contributed by atoms with van der Waals surface area (Å²) in [5.41, 5.74) is 9.42. The number of thiazole rings is 1. The molecule has 6 aromatic rings. The molecule has 18 heteroatoms. The van der Waals surface area contributed by atoms with Crippen LogP contribution < -0.4 is 21.3 Å². The average Bonchev–Trinajstić information content (AvgIpc) is 4.22. The SMILES string of the molecule is CCNC(=O)C#Cc1ccc2c(C(=Nc3ccc(CNCCOCCOCCOCCOCCC(=O)N[C@H](C(=O)N4CCCC4C(=O)NCc4ccc(-c5scnc5C)cc4)C(C)(C)C)cc3)c3ccccc3)c(O)[nH]c2c1. The molecule has 1 aliphatic heterocycles. The van der Waals surface area contributed by atoms with E-state index in [9.17, 15) is 24.3 Å². The third kappa shape index (κ3) is 17.1. The van der Waals surface area contributed by atoms with Gasteiger partial charge in [0.25, 0.3) is 5.91 Å². The molecule has 0 spiro atoms. The van der Waals surface area contributed by atoms with Crippen molar-refractivity contribution >= 4 is 57.3 Å². The molecule has 0 saturated carbocycles. The van der Waals surface area contributed by atoms with Gasteiger partial charge in [-0.2, -0.15) is 0 Å². The van der Waals surface area contributed by atoms with Crippen LogP contribution in [0.3, 0.4) is 0 Å². The third-order valence-corrected chi connectivity index (χ3v) is 13.9. The van der Waals surface area contributed by atoms with Crippen molar-refractivity contribution in [2.45, 2.75) is 79.1 Å². The number of nitrogens with one attached hydrogen (secondary N) is 5. The number of aliphatic imine (C=N–C) groups is 1. The van der Waals surface area contributed by atoms with E-state index in [0.717, 1.165) is 43.9 Å². The van der Waals surface area contributed by atoms with Crippen LogP contribution in [0, 0.1) is 24.2 Å². The van der Waals surface area contributed by atoms with Crippen molar-refractivity contribution in [1.29, 1.82) is 0 Å². The van der Waals surface area contributed by atoms with Crippen LogP contribution in [0.2, 0.25) is 0 Å². The Labute approximate surface area is 460 Å². The summed E-state index contributed by atoms with van der Waals surface area (Å²) in [5.74, 6) is 4.35. The van der Waals surface area contributed by atoms with Gasteiger partial charge in [-0.25, -0.2) is 9.98 Å². The third-order valence-electron chi connectivity index (χ3n) is 12.9. The Balaban J connectivity index is 0.727. The average molecular weight is 1080 g/mol. The molecule has 1 fully saturated rings. The van der Waals surface area contributed by atoms with Crippen LogP contribution >= 0.6 is 11.3 Å². The van der Waals surface area contributed by atoms with Crippen LogP contribution in [0.25, 0.3) is 21.3 Å². The van der Waals surface area contributed by atoms with Gasteiger partial charge in [-0.15, -0.1) is 11.3 Å². The fourth-order valence-corrected chi connectivity index (χ4v) is 9.64. The summed E-state index contributed by atoms with van der Waals surface area (Å²) in [6.07, 6.45) is 1.34. The van der Waals surface area contributed by atoms with Crippen LogP contribution in [-0.4, -0.2) is 134 Å². The molecule has 6 N–H and O–H groups in total. The van der Waals surface area contributed by atoms with Gasteiger partial charge in [0.2, 0.25) is 17.7 Å². The second-order valence-corrected chi connectivity index (χ2v) is 20.7. The monoisotopic (exact) mass is 1080 g/mol. The first-order valence-electron chi connectivity index (χ1n) is 26.6. The van der Waals surface area contributed by atoms with Crippen molar-refractivity contribution in [3.05, 3.63) is 136 Å². The van der Waals surface area contributed by atoms with E-state index in [-0.39, 0.29) is 42.5 Å². The standard InChI is InChI=1S/C60H72N8O9S/c1-6-62-51(69)25-19-42-18-24-48-49(37-42)66-58(72)53(48)54(45-11-8-7-9-12-45)65-47-22-16-43(17-23-47)38-61-27-30-75-32-34-77-36-35-76-33-31-74-29-26-52(70)67-56(60(3,4)5)59(73)68-28-10-13-50(68)57(71)63-39-44-14-20-46(21-15-44)55-41(2)64-40-78-55/h7-9,11-12,14-18,20-24,37,40,50,56,61,66,72H,6,10,13,26-36,38-39H2,1-5H3,(H,62,69)(H,63,71)(H,67,70)/t50?,56-/m1/s1. The number of aromatic nitrogens is 2. The predicted octanol–water partition coefficient (Wildman–Crippen LogP) is 7.35. The van der Waals surface area contributed by atoms with Gasteiger partial charge in [0.05, 0.1) is 91.4 Å². The van der Waals surface area contributed by atoms with E-state index < -0.39 is 17.5 Å². The van der Waals surface area contributed by atoms with Crippen LogP contribution in [-0.2, 0) is 51.2 Å².